The molecule has 0 fully saturated rings. The Morgan fingerprint density at radius 1 is 1.14 bits per heavy atom. The third-order valence-electron chi connectivity index (χ3n) is 4.03. The van der Waals surface area contributed by atoms with Crippen LogP contribution in [-0.2, 0) is 0 Å². The molecule has 21 heavy (non-hydrogen) atoms. The van der Waals surface area contributed by atoms with Crippen molar-refractivity contribution in [1.29, 1.82) is 0 Å². The second kappa shape index (κ2) is 5.67. The molecule has 2 aromatic rings. The van der Waals surface area contributed by atoms with Crippen LogP contribution in [0.5, 0.6) is 0 Å². The number of hydrogen-bond acceptors (Lipinski definition) is 4. The van der Waals surface area contributed by atoms with Crippen molar-refractivity contribution in [2.24, 2.45) is 11.0 Å². The van der Waals surface area contributed by atoms with E-state index in [4.69, 9.17) is 16.7 Å². The van der Waals surface area contributed by atoms with Crippen LogP contribution < -0.4 is 5.01 Å². The lowest BCUT2D eigenvalue weighted by Gasteiger charge is -2.30. The normalized spacial score (nSPS) is 21.3. The SMILES string of the molecule is Clc1ccc(N2CCC3CCSc4sccc4C3=N2)cc1. The van der Waals surface area contributed by atoms with Gasteiger partial charge in [0.2, 0.25) is 0 Å². The number of thiophene rings is 1. The maximum Gasteiger partial charge on any atom is 0.0733 e. The van der Waals surface area contributed by atoms with Crippen LogP contribution in [0.15, 0.2) is 45.0 Å². The Balaban J connectivity index is 1.73. The van der Waals surface area contributed by atoms with E-state index in [9.17, 15) is 0 Å². The van der Waals surface area contributed by atoms with Crippen molar-refractivity contribution in [1.82, 2.24) is 0 Å². The molecule has 5 heteroatoms. The van der Waals surface area contributed by atoms with Crippen molar-refractivity contribution in [3.05, 3.63) is 46.3 Å². The van der Waals surface area contributed by atoms with Gasteiger partial charge in [0.15, 0.2) is 0 Å². The fourth-order valence-corrected chi connectivity index (χ4v) is 5.28. The Hall–Kier alpha value is -0.970. The summed E-state index contributed by atoms with van der Waals surface area (Å²) in [4.78, 5) is 0. The van der Waals surface area contributed by atoms with Crippen molar-refractivity contribution >= 4 is 46.1 Å². The van der Waals surface area contributed by atoms with Gasteiger partial charge >= 0.3 is 0 Å². The molecular weight excluding hydrogens is 320 g/mol. The largest absolute Gasteiger partial charge is 0.265 e. The molecule has 1 aromatic carbocycles. The maximum atomic E-state index is 5.98. The van der Waals surface area contributed by atoms with Gasteiger partial charge in [-0.1, -0.05) is 11.6 Å². The molecule has 1 atom stereocenters. The third-order valence-corrected chi connectivity index (χ3v) is 6.56. The van der Waals surface area contributed by atoms with Gasteiger partial charge in [-0.15, -0.1) is 23.1 Å². The van der Waals surface area contributed by atoms with Crippen molar-refractivity contribution in [2.75, 3.05) is 17.3 Å². The number of benzene rings is 1. The van der Waals surface area contributed by atoms with E-state index >= 15 is 0 Å². The average Bonchev–Trinajstić information content (AvgIpc) is 2.90. The van der Waals surface area contributed by atoms with Gasteiger partial charge in [-0.2, -0.15) is 5.10 Å². The zero-order chi connectivity index (χ0) is 14.2. The van der Waals surface area contributed by atoms with Crippen LogP contribution in [0.4, 0.5) is 5.69 Å². The molecular formula is C16H15ClN2S2. The summed E-state index contributed by atoms with van der Waals surface area (Å²) in [6, 6.07) is 10.2. The summed E-state index contributed by atoms with van der Waals surface area (Å²) in [6.45, 7) is 0.986. The van der Waals surface area contributed by atoms with E-state index in [1.54, 1.807) is 0 Å². The summed E-state index contributed by atoms with van der Waals surface area (Å²) in [7, 11) is 0. The monoisotopic (exact) mass is 334 g/mol. The highest BCUT2D eigenvalue weighted by molar-refractivity contribution is 8.01. The van der Waals surface area contributed by atoms with Crippen LogP contribution in [0.25, 0.3) is 0 Å². The van der Waals surface area contributed by atoms with Crippen molar-refractivity contribution in [3.63, 3.8) is 0 Å². The first-order valence-electron chi connectivity index (χ1n) is 7.13. The minimum Gasteiger partial charge on any atom is -0.265 e. The minimum atomic E-state index is 0.608. The molecule has 1 unspecified atom stereocenters. The van der Waals surface area contributed by atoms with Gasteiger partial charge in [-0.3, -0.25) is 5.01 Å². The number of halogens is 1. The van der Waals surface area contributed by atoms with Crippen LogP contribution in [0.3, 0.4) is 0 Å². The van der Waals surface area contributed by atoms with Crippen LogP contribution in [0.2, 0.25) is 5.02 Å². The average molecular weight is 335 g/mol. The molecule has 0 saturated carbocycles. The molecule has 0 N–H and O–H groups in total. The lowest BCUT2D eigenvalue weighted by molar-refractivity contribution is 0.570. The minimum absolute atomic E-state index is 0.608. The van der Waals surface area contributed by atoms with Crippen LogP contribution >= 0.6 is 34.7 Å². The number of fused-ring (bicyclic) bond motifs is 3. The Labute approximate surface area is 137 Å². The highest BCUT2D eigenvalue weighted by Crippen LogP contribution is 2.38. The number of rotatable bonds is 1. The number of hydrogen-bond donors (Lipinski definition) is 0. The molecule has 0 saturated heterocycles. The van der Waals surface area contributed by atoms with E-state index in [0.717, 1.165) is 17.3 Å². The van der Waals surface area contributed by atoms with Gasteiger partial charge in [0.05, 0.1) is 15.6 Å². The van der Waals surface area contributed by atoms with Crippen LogP contribution in [-0.4, -0.2) is 18.0 Å². The Morgan fingerprint density at radius 3 is 2.86 bits per heavy atom. The van der Waals surface area contributed by atoms with Crippen molar-refractivity contribution < 1.29 is 0 Å². The second-order valence-corrected chi connectivity index (χ2v) is 8.05. The lowest BCUT2D eigenvalue weighted by Crippen LogP contribution is -2.32. The zero-order valence-electron chi connectivity index (χ0n) is 11.5. The number of anilines is 1. The first-order valence-corrected chi connectivity index (χ1v) is 9.38. The van der Waals surface area contributed by atoms with E-state index in [1.165, 1.54) is 34.1 Å². The summed E-state index contributed by atoms with van der Waals surface area (Å²) < 4.78 is 1.43. The molecule has 4 rings (SSSR count). The lowest BCUT2D eigenvalue weighted by atomic mass is 9.91. The van der Waals surface area contributed by atoms with Gasteiger partial charge in [0.1, 0.15) is 0 Å². The maximum absolute atomic E-state index is 5.98. The summed E-state index contributed by atoms with van der Waals surface area (Å²) in [5, 5.41) is 10.1. The summed E-state index contributed by atoms with van der Waals surface area (Å²) in [5.74, 6) is 1.81. The van der Waals surface area contributed by atoms with Crippen LogP contribution in [0.1, 0.15) is 18.4 Å². The van der Waals surface area contributed by atoms with E-state index < -0.39 is 0 Å². The zero-order valence-corrected chi connectivity index (χ0v) is 13.8. The van der Waals surface area contributed by atoms with E-state index in [0.29, 0.717) is 5.92 Å². The highest BCUT2D eigenvalue weighted by atomic mass is 35.5. The van der Waals surface area contributed by atoms with Gasteiger partial charge in [-0.05, 0) is 54.3 Å². The first kappa shape index (κ1) is 13.7. The fraction of sp³-hybridized carbons (Fsp3) is 0.312. The number of hydrazone groups is 1. The third kappa shape index (κ3) is 2.60. The molecule has 2 aliphatic heterocycles. The Kier molecular flexibility index (Phi) is 3.69. The molecule has 0 radical (unpaired) electrons. The van der Waals surface area contributed by atoms with Crippen molar-refractivity contribution in [2.45, 2.75) is 17.1 Å². The molecule has 0 spiro atoms. The standard InChI is InChI=1S/C16H15ClN2S2/c17-12-1-3-13(4-2-12)19-8-5-11-6-9-20-16-14(7-10-21-16)15(11)18-19/h1-4,7,10-11H,5-6,8-9H2. The van der Waals surface area contributed by atoms with E-state index in [2.05, 4.69) is 16.5 Å². The Bertz CT molecular complexity index is 678. The number of thioether (sulfide) groups is 1. The van der Waals surface area contributed by atoms with Gasteiger partial charge in [-0.25, -0.2) is 0 Å². The molecule has 1 aromatic heterocycles. The summed E-state index contributed by atoms with van der Waals surface area (Å²) >= 11 is 9.80. The molecule has 2 nitrogen and oxygen atoms in total. The predicted molar refractivity (Wildman–Crippen MR) is 93.1 cm³/mol. The summed E-state index contributed by atoms with van der Waals surface area (Å²) in [6.07, 6.45) is 2.41. The molecule has 0 amide bonds. The van der Waals surface area contributed by atoms with E-state index in [1.807, 2.05) is 47.4 Å². The molecule has 0 bridgehead atoms. The molecule has 108 valence electrons. The fourth-order valence-electron chi connectivity index (χ4n) is 2.92. The highest BCUT2D eigenvalue weighted by Gasteiger charge is 2.29. The van der Waals surface area contributed by atoms with Crippen LogP contribution in [0, 0.1) is 5.92 Å². The topological polar surface area (TPSA) is 15.6 Å². The molecule has 3 heterocycles. The molecule has 2 aliphatic rings. The number of nitrogens with zero attached hydrogens (tertiary/aromatic N) is 2. The second-order valence-electron chi connectivity index (χ2n) is 5.33. The smallest absolute Gasteiger partial charge is 0.0733 e. The quantitative estimate of drug-likeness (QED) is 0.718. The van der Waals surface area contributed by atoms with Gasteiger partial charge < -0.3 is 0 Å². The Morgan fingerprint density at radius 2 is 2.00 bits per heavy atom. The van der Waals surface area contributed by atoms with Gasteiger partial charge in [0.25, 0.3) is 0 Å². The van der Waals surface area contributed by atoms with Crippen molar-refractivity contribution in [3.8, 4) is 0 Å². The molecule has 0 aliphatic carbocycles. The van der Waals surface area contributed by atoms with E-state index in [-0.39, 0.29) is 0 Å². The first-order chi connectivity index (χ1) is 10.3. The van der Waals surface area contributed by atoms with Gasteiger partial charge in [0, 0.05) is 23.0 Å². The summed E-state index contributed by atoms with van der Waals surface area (Å²) in [5.41, 5.74) is 3.75. The predicted octanol–water partition coefficient (Wildman–Crippen LogP) is 5.13.